The molecule has 0 saturated heterocycles. The van der Waals surface area contributed by atoms with Crippen LogP contribution in [0, 0.1) is 0 Å². The molecule has 1 aromatic heterocycles. The second-order valence-electron chi connectivity index (χ2n) is 4.44. The van der Waals surface area contributed by atoms with E-state index in [9.17, 15) is 0 Å². The van der Waals surface area contributed by atoms with Crippen molar-refractivity contribution in [2.24, 2.45) is 0 Å². The summed E-state index contributed by atoms with van der Waals surface area (Å²) in [7, 11) is 3.19. The van der Waals surface area contributed by atoms with E-state index in [1.54, 1.807) is 26.4 Å². The third-order valence-corrected chi connectivity index (χ3v) is 3.92. The first-order valence-electron chi connectivity index (χ1n) is 6.19. The number of benzene rings is 2. The number of nitrogens with one attached hydrogen (secondary N) is 1. The number of ether oxygens (including phenoxy) is 2. The fraction of sp³-hybridized carbons (Fsp3) is 0.133. The molecule has 2 aromatic carbocycles. The third kappa shape index (κ3) is 2.52. The molecule has 0 aliphatic rings. The van der Waals surface area contributed by atoms with E-state index >= 15 is 0 Å². The number of nitrogens with zero attached hydrogens (tertiary/aromatic N) is 1. The molecule has 0 aliphatic carbocycles. The van der Waals surface area contributed by atoms with Gasteiger partial charge in [-0.05, 0) is 18.2 Å². The zero-order valence-electron chi connectivity index (χ0n) is 11.4. The summed E-state index contributed by atoms with van der Waals surface area (Å²) in [6.45, 7) is 0. The first-order valence-corrected chi connectivity index (χ1v) is 6.95. The molecule has 4 nitrogen and oxygen atoms in total. The maximum atomic E-state index is 6.04. The van der Waals surface area contributed by atoms with Gasteiger partial charge in [-0.15, -0.1) is 0 Å². The predicted molar refractivity (Wildman–Crippen MR) is 84.7 cm³/mol. The summed E-state index contributed by atoms with van der Waals surface area (Å²) in [4.78, 5) is 7.78. The Balaban J connectivity index is 2.14. The van der Waals surface area contributed by atoms with Crippen molar-refractivity contribution in [2.45, 2.75) is 0 Å². The molecule has 3 aromatic rings. The lowest BCUT2D eigenvalue weighted by molar-refractivity contribution is 0.356. The van der Waals surface area contributed by atoms with E-state index in [1.165, 1.54) is 0 Å². The van der Waals surface area contributed by atoms with Crippen molar-refractivity contribution < 1.29 is 9.47 Å². The topological polar surface area (TPSA) is 47.1 Å². The molecule has 0 fully saturated rings. The number of halogens is 2. The Morgan fingerprint density at radius 3 is 2.33 bits per heavy atom. The summed E-state index contributed by atoms with van der Waals surface area (Å²) in [5.41, 5.74) is 2.50. The number of imidazole rings is 1. The summed E-state index contributed by atoms with van der Waals surface area (Å²) < 4.78 is 10.6. The van der Waals surface area contributed by atoms with Gasteiger partial charge in [-0.2, -0.15) is 0 Å². The average molecular weight is 323 g/mol. The summed E-state index contributed by atoms with van der Waals surface area (Å²) in [5, 5.41) is 1.00. The van der Waals surface area contributed by atoms with E-state index in [-0.39, 0.29) is 0 Å². The minimum atomic E-state index is 0.491. The highest BCUT2D eigenvalue weighted by Crippen LogP contribution is 2.33. The number of methoxy groups -OCH3 is 2. The molecule has 0 aliphatic heterocycles. The number of aromatic amines is 1. The fourth-order valence-electron chi connectivity index (χ4n) is 2.12. The molecule has 6 heteroatoms. The van der Waals surface area contributed by atoms with E-state index in [1.807, 2.05) is 18.2 Å². The van der Waals surface area contributed by atoms with Gasteiger partial charge in [0.1, 0.15) is 5.82 Å². The molecule has 0 spiro atoms. The smallest absolute Gasteiger partial charge is 0.163 e. The van der Waals surface area contributed by atoms with Gasteiger partial charge in [-0.1, -0.05) is 23.2 Å². The highest BCUT2D eigenvalue weighted by molar-refractivity contribution is 6.42. The lowest BCUT2D eigenvalue weighted by Crippen LogP contribution is -1.89. The van der Waals surface area contributed by atoms with Gasteiger partial charge in [-0.3, -0.25) is 0 Å². The molecular weight excluding hydrogens is 311 g/mol. The SMILES string of the molecule is COc1cc2nc(-c3ccc(Cl)c(Cl)c3)[nH]c2cc1OC. The van der Waals surface area contributed by atoms with Crippen LogP contribution in [0.4, 0.5) is 0 Å². The molecule has 1 N–H and O–H groups in total. The van der Waals surface area contributed by atoms with Gasteiger partial charge >= 0.3 is 0 Å². The predicted octanol–water partition coefficient (Wildman–Crippen LogP) is 4.55. The normalized spacial score (nSPS) is 10.9. The van der Waals surface area contributed by atoms with E-state index in [4.69, 9.17) is 32.7 Å². The maximum absolute atomic E-state index is 6.04. The minimum absolute atomic E-state index is 0.491. The molecule has 3 rings (SSSR count). The minimum Gasteiger partial charge on any atom is -0.493 e. The van der Waals surface area contributed by atoms with Crippen LogP contribution in [0.3, 0.4) is 0 Å². The molecular formula is C15H12Cl2N2O2. The number of fused-ring (bicyclic) bond motifs is 1. The molecule has 1 heterocycles. The molecule has 0 bridgehead atoms. The molecule has 21 heavy (non-hydrogen) atoms. The molecule has 0 unspecified atom stereocenters. The Morgan fingerprint density at radius 1 is 0.952 bits per heavy atom. The van der Waals surface area contributed by atoms with Gasteiger partial charge in [0.05, 0.1) is 35.3 Å². The van der Waals surface area contributed by atoms with E-state index in [0.717, 1.165) is 16.6 Å². The summed E-state index contributed by atoms with van der Waals surface area (Å²) in [6, 6.07) is 9.05. The van der Waals surface area contributed by atoms with Crippen LogP contribution >= 0.6 is 23.2 Å². The van der Waals surface area contributed by atoms with Gasteiger partial charge in [0.2, 0.25) is 0 Å². The van der Waals surface area contributed by atoms with Crippen LogP contribution in [0.2, 0.25) is 10.0 Å². The van der Waals surface area contributed by atoms with Gasteiger partial charge in [0.15, 0.2) is 11.5 Å². The average Bonchev–Trinajstić information content (AvgIpc) is 2.91. The molecule has 0 atom stereocenters. The van der Waals surface area contributed by atoms with E-state index < -0.39 is 0 Å². The highest BCUT2D eigenvalue weighted by atomic mass is 35.5. The van der Waals surface area contributed by atoms with Crippen LogP contribution < -0.4 is 9.47 Å². The monoisotopic (exact) mass is 322 g/mol. The maximum Gasteiger partial charge on any atom is 0.163 e. The van der Waals surface area contributed by atoms with Crippen molar-refractivity contribution in [3.63, 3.8) is 0 Å². The summed E-state index contributed by atoms with van der Waals surface area (Å²) in [5.74, 6) is 1.99. The van der Waals surface area contributed by atoms with Crippen LogP contribution in [0.5, 0.6) is 11.5 Å². The molecule has 0 radical (unpaired) electrons. The Kier molecular flexibility index (Phi) is 3.66. The summed E-state index contributed by atoms with van der Waals surface area (Å²) >= 11 is 12.0. The Hall–Kier alpha value is -1.91. The van der Waals surface area contributed by atoms with Gasteiger partial charge in [0.25, 0.3) is 0 Å². The second kappa shape index (κ2) is 5.47. The number of hydrogen-bond donors (Lipinski definition) is 1. The standard InChI is InChI=1S/C15H12Cl2N2O2/c1-20-13-6-11-12(7-14(13)21-2)19-15(18-11)8-3-4-9(16)10(17)5-8/h3-7H,1-2H3,(H,18,19). The summed E-state index contributed by atoms with van der Waals surface area (Å²) in [6.07, 6.45) is 0. The number of H-pyrrole nitrogens is 1. The lowest BCUT2D eigenvalue weighted by Gasteiger charge is -2.06. The molecule has 108 valence electrons. The third-order valence-electron chi connectivity index (χ3n) is 3.18. The van der Waals surface area contributed by atoms with E-state index in [0.29, 0.717) is 27.4 Å². The highest BCUT2D eigenvalue weighted by Gasteiger charge is 2.11. The zero-order valence-corrected chi connectivity index (χ0v) is 12.9. The van der Waals surface area contributed by atoms with Crippen LogP contribution in [0.15, 0.2) is 30.3 Å². The van der Waals surface area contributed by atoms with E-state index in [2.05, 4.69) is 9.97 Å². The van der Waals surface area contributed by atoms with Crippen molar-refractivity contribution >= 4 is 34.2 Å². The largest absolute Gasteiger partial charge is 0.493 e. The Bertz CT molecular complexity index is 774. The Labute approximate surface area is 131 Å². The van der Waals surface area contributed by atoms with Crippen molar-refractivity contribution in [2.75, 3.05) is 14.2 Å². The van der Waals surface area contributed by atoms with Crippen LogP contribution in [0.1, 0.15) is 0 Å². The van der Waals surface area contributed by atoms with Crippen molar-refractivity contribution in [3.8, 4) is 22.9 Å². The first kappa shape index (κ1) is 14.0. The Morgan fingerprint density at radius 2 is 1.67 bits per heavy atom. The van der Waals surface area contributed by atoms with Gasteiger partial charge in [-0.25, -0.2) is 4.98 Å². The van der Waals surface area contributed by atoms with Crippen LogP contribution in [-0.4, -0.2) is 24.2 Å². The quantitative estimate of drug-likeness (QED) is 0.769. The molecule has 0 saturated carbocycles. The van der Waals surface area contributed by atoms with Crippen molar-refractivity contribution in [1.82, 2.24) is 9.97 Å². The number of rotatable bonds is 3. The van der Waals surface area contributed by atoms with Crippen LogP contribution in [-0.2, 0) is 0 Å². The number of hydrogen-bond acceptors (Lipinski definition) is 3. The van der Waals surface area contributed by atoms with Crippen LogP contribution in [0.25, 0.3) is 22.4 Å². The lowest BCUT2D eigenvalue weighted by atomic mass is 10.2. The zero-order chi connectivity index (χ0) is 15.0. The number of aromatic nitrogens is 2. The van der Waals surface area contributed by atoms with Gasteiger partial charge in [0, 0.05) is 17.7 Å². The first-order chi connectivity index (χ1) is 10.1. The van der Waals surface area contributed by atoms with Crippen molar-refractivity contribution in [1.29, 1.82) is 0 Å². The fourth-order valence-corrected chi connectivity index (χ4v) is 2.42. The van der Waals surface area contributed by atoms with Crippen molar-refractivity contribution in [3.05, 3.63) is 40.4 Å². The molecule has 0 amide bonds. The van der Waals surface area contributed by atoms with Gasteiger partial charge < -0.3 is 14.5 Å². The second-order valence-corrected chi connectivity index (χ2v) is 5.25.